The highest BCUT2D eigenvalue weighted by atomic mass is 16.3. The van der Waals surface area contributed by atoms with Crippen LogP contribution in [0, 0.1) is 25.7 Å². The molecular weight excluding hydrogens is 186 g/mol. The van der Waals surface area contributed by atoms with Crippen LogP contribution < -0.4 is 5.32 Å². The molecule has 1 aromatic rings. The second kappa shape index (κ2) is 4.40. The first-order valence-corrected chi connectivity index (χ1v) is 5.93. The number of nitrogens with one attached hydrogen (secondary N) is 1. The van der Waals surface area contributed by atoms with Crippen LogP contribution in [0.15, 0.2) is 10.5 Å². The second-order valence-corrected chi connectivity index (χ2v) is 4.88. The third-order valence-corrected chi connectivity index (χ3v) is 3.35. The first-order valence-electron chi connectivity index (χ1n) is 5.93. The van der Waals surface area contributed by atoms with E-state index >= 15 is 0 Å². The van der Waals surface area contributed by atoms with Crippen molar-refractivity contribution in [3.05, 3.63) is 23.2 Å². The van der Waals surface area contributed by atoms with Crippen molar-refractivity contribution in [3.8, 4) is 0 Å². The van der Waals surface area contributed by atoms with Crippen LogP contribution in [0.2, 0.25) is 0 Å². The summed E-state index contributed by atoms with van der Waals surface area (Å²) in [5, 5.41) is 3.52. The van der Waals surface area contributed by atoms with E-state index in [4.69, 9.17) is 4.42 Å². The van der Waals surface area contributed by atoms with E-state index in [-0.39, 0.29) is 0 Å². The van der Waals surface area contributed by atoms with Crippen molar-refractivity contribution in [2.24, 2.45) is 11.8 Å². The third-order valence-electron chi connectivity index (χ3n) is 3.35. The highest BCUT2D eigenvalue weighted by Crippen LogP contribution is 2.36. The van der Waals surface area contributed by atoms with Crippen LogP contribution in [0.1, 0.15) is 36.8 Å². The molecule has 0 amide bonds. The minimum atomic E-state index is 0.832. The highest BCUT2D eigenvalue weighted by molar-refractivity contribution is 5.19. The summed E-state index contributed by atoms with van der Waals surface area (Å²) in [6.07, 6.45) is 2.87. The zero-order valence-corrected chi connectivity index (χ0v) is 9.97. The molecule has 1 N–H and O–H groups in total. The molecule has 1 aliphatic carbocycles. The van der Waals surface area contributed by atoms with Crippen molar-refractivity contribution in [1.29, 1.82) is 0 Å². The van der Waals surface area contributed by atoms with Gasteiger partial charge in [0.15, 0.2) is 0 Å². The van der Waals surface area contributed by atoms with Crippen molar-refractivity contribution in [1.82, 2.24) is 5.32 Å². The fraction of sp³-hybridized carbons (Fsp3) is 0.692. The topological polar surface area (TPSA) is 25.2 Å². The molecule has 1 aromatic heterocycles. The quantitative estimate of drug-likeness (QED) is 0.803. The Kier molecular flexibility index (Phi) is 3.15. The number of hydrogen-bond acceptors (Lipinski definition) is 2. The number of furan rings is 1. The Morgan fingerprint density at radius 2 is 2.20 bits per heavy atom. The van der Waals surface area contributed by atoms with E-state index in [1.54, 1.807) is 0 Å². The van der Waals surface area contributed by atoms with E-state index in [0.717, 1.165) is 36.4 Å². The van der Waals surface area contributed by atoms with Crippen molar-refractivity contribution < 1.29 is 4.42 Å². The molecule has 0 spiro atoms. The van der Waals surface area contributed by atoms with Gasteiger partial charge in [-0.25, -0.2) is 0 Å². The van der Waals surface area contributed by atoms with Crippen LogP contribution in [0.5, 0.6) is 0 Å². The van der Waals surface area contributed by atoms with Gasteiger partial charge in [0.1, 0.15) is 11.5 Å². The van der Waals surface area contributed by atoms with Crippen molar-refractivity contribution in [2.75, 3.05) is 6.54 Å². The van der Waals surface area contributed by atoms with Gasteiger partial charge in [0.25, 0.3) is 0 Å². The van der Waals surface area contributed by atoms with Gasteiger partial charge >= 0.3 is 0 Å². The summed E-state index contributed by atoms with van der Waals surface area (Å²) in [5.41, 5.74) is 1.30. The summed E-state index contributed by atoms with van der Waals surface area (Å²) in [4.78, 5) is 0. The van der Waals surface area contributed by atoms with E-state index in [1.807, 2.05) is 13.8 Å². The van der Waals surface area contributed by atoms with Gasteiger partial charge in [0, 0.05) is 12.1 Å². The Hall–Kier alpha value is -0.760. The molecular formula is C13H21NO. The van der Waals surface area contributed by atoms with Crippen LogP contribution >= 0.6 is 0 Å². The first-order chi connectivity index (χ1) is 7.16. The van der Waals surface area contributed by atoms with Gasteiger partial charge in [-0.05, 0) is 51.1 Å². The molecule has 0 aliphatic heterocycles. The van der Waals surface area contributed by atoms with Gasteiger partial charge < -0.3 is 9.73 Å². The average molecular weight is 207 g/mol. The maximum absolute atomic E-state index is 5.49. The molecule has 2 rings (SSSR count). The zero-order valence-electron chi connectivity index (χ0n) is 9.97. The predicted molar refractivity (Wildman–Crippen MR) is 61.8 cm³/mol. The zero-order chi connectivity index (χ0) is 10.8. The lowest BCUT2D eigenvalue weighted by molar-refractivity contribution is 0.457. The highest BCUT2D eigenvalue weighted by Gasteiger charge is 2.27. The van der Waals surface area contributed by atoms with Crippen LogP contribution in [0.25, 0.3) is 0 Å². The Bertz CT molecular complexity index is 325. The maximum Gasteiger partial charge on any atom is 0.105 e. The van der Waals surface area contributed by atoms with Crippen molar-refractivity contribution in [3.63, 3.8) is 0 Å². The Morgan fingerprint density at radius 3 is 2.73 bits per heavy atom. The number of aryl methyl sites for hydroxylation is 2. The molecule has 2 heteroatoms. The molecule has 15 heavy (non-hydrogen) atoms. The average Bonchev–Trinajstić information content (AvgIpc) is 2.94. The number of hydrogen-bond donors (Lipinski definition) is 1. The van der Waals surface area contributed by atoms with Gasteiger partial charge in [-0.3, -0.25) is 0 Å². The molecule has 84 valence electrons. The van der Waals surface area contributed by atoms with Crippen LogP contribution in [0.4, 0.5) is 0 Å². The third kappa shape index (κ3) is 2.85. The van der Waals surface area contributed by atoms with Crippen molar-refractivity contribution in [2.45, 2.75) is 40.2 Å². The first kappa shape index (κ1) is 10.7. The molecule has 1 fully saturated rings. The van der Waals surface area contributed by atoms with E-state index < -0.39 is 0 Å². The minimum absolute atomic E-state index is 0.832. The van der Waals surface area contributed by atoms with Gasteiger partial charge in [-0.2, -0.15) is 0 Å². The van der Waals surface area contributed by atoms with Gasteiger partial charge in [0.05, 0.1) is 0 Å². The van der Waals surface area contributed by atoms with Gasteiger partial charge in [-0.15, -0.1) is 0 Å². The van der Waals surface area contributed by atoms with E-state index in [9.17, 15) is 0 Å². The fourth-order valence-corrected chi connectivity index (χ4v) is 2.13. The Morgan fingerprint density at radius 1 is 1.47 bits per heavy atom. The van der Waals surface area contributed by atoms with Gasteiger partial charge in [0.2, 0.25) is 0 Å². The summed E-state index contributed by atoms with van der Waals surface area (Å²) >= 11 is 0. The summed E-state index contributed by atoms with van der Waals surface area (Å²) in [7, 11) is 0. The maximum atomic E-state index is 5.49. The molecule has 1 unspecified atom stereocenters. The predicted octanol–water partition coefficient (Wildman–Crippen LogP) is 3.03. The van der Waals surface area contributed by atoms with Crippen LogP contribution in [0.3, 0.4) is 0 Å². The second-order valence-electron chi connectivity index (χ2n) is 4.88. The molecule has 2 nitrogen and oxygen atoms in total. The van der Waals surface area contributed by atoms with Crippen LogP contribution in [-0.4, -0.2) is 6.54 Å². The van der Waals surface area contributed by atoms with E-state index in [1.165, 1.54) is 18.4 Å². The van der Waals surface area contributed by atoms with Crippen molar-refractivity contribution >= 4 is 0 Å². The normalized spacial score (nSPS) is 18.1. The fourth-order valence-electron chi connectivity index (χ4n) is 2.13. The SMILES string of the molecule is Cc1cc(CNCC(C)C2CC2)c(C)o1. The minimum Gasteiger partial charge on any atom is -0.466 e. The lowest BCUT2D eigenvalue weighted by Gasteiger charge is -2.10. The molecule has 1 aliphatic rings. The molecule has 0 saturated heterocycles. The molecule has 0 bridgehead atoms. The monoisotopic (exact) mass is 207 g/mol. The Labute approximate surface area is 92.1 Å². The van der Waals surface area contributed by atoms with E-state index in [2.05, 4.69) is 18.3 Å². The van der Waals surface area contributed by atoms with Crippen LogP contribution in [-0.2, 0) is 6.54 Å². The standard InChI is InChI=1S/C13H21NO/c1-9(12-4-5-12)7-14-8-13-6-10(2)15-11(13)3/h6,9,12,14H,4-5,7-8H2,1-3H3. The lowest BCUT2D eigenvalue weighted by atomic mass is 10.1. The summed E-state index contributed by atoms with van der Waals surface area (Å²) in [5.74, 6) is 3.89. The molecule has 0 radical (unpaired) electrons. The summed E-state index contributed by atoms with van der Waals surface area (Å²) in [6.45, 7) is 8.46. The Balaban J connectivity index is 1.75. The molecule has 0 aromatic carbocycles. The lowest BCUT2D eigenvalue weighted by Crippen LogP contribution is -2.21. The summed E-state index contributed by atoms with van der Waals surface area (Å²) in [6, 6.07) is 2.13. The molecule has 1 heterocycles. The largest absolute Gasteiger partial charge is 0.466 e. The summed E-state index contributed by atoms with van der Waals surface area (Å²) < 4.78 is 5.49. The molecule has 1 atom stereocenters. The smallest absolute Gasteiger partial charge is 0.105 e. The number of rotatable bonds is 5. The van der Waals surface area contributed by atoms with Gasteiger partial charge in [-0.1, -0.05) is 6.92 Å². The van der Waals surface area contributed by atoms with E-state index in [0.29, 0.717) is 0 Å². The molecule has 1 saturated carbocycles.